The summed E-state index contributed by atoms with van der Waals surface area (Å²) in [5.74, 6) is -1.33. The van der Waals surface area contributed by atoms with E-state index in [0.29, 0.717) is 0 Å². The van der Waals surface area contributed by atoms with E-state index in [9.17, 15) is 22.6 Å². The fourth-order valence-corrected chi connectivity index (χ4v) is 2.84. The van der Waals surface area contributed by atoms with Crippen LogP contribution in [0.4, 0.5) is 0 Å². The van der Waals surface area contributed by atoms with Crippen LogP contribution in [0.25, 0.3) is 0 Å². The molecule has 29 heavy (non-hydrogen) atoms. The molecule has 0 atom stereocenters. The molecular weight excluding hydrogens is 407 g/mol. The van der Waals surface area contributed by atoms with Gasteiger partial charge in [0.1, 0.15) is 11.5 Å². The predicted octanol–water partition coefficient (Wildman–Crippen LogP) is 0.488. The molecule has 7 nitrogen and oxygen atoms in total. The van der Waals surface area contributed by atoms with Gasteiger partial charge < -0.3 is 10.9 Å². The standard InChI is InChI=1S/C20H14O7S.Na.H/c21-19(26-16-7-3-1-4-8-16)14-11-15(13-18(12-14)28(23,24)25)20(22)27-17-9-5-2-6-10-17;;/h1-13H,(H,23,24,25);;/q;+1;-1. The van der Waals surface area contributed by atoms with Crippen LogP contribution in [-0.4, -0.2) is 24.9 Å². The van der Waals surface area contributed by atoms with E-state index in [2.05, 4.69) is 0 Å². The molecule has 0 unspecified atom stereocenters. The molecule has 3 aromatic carbocycles. The zero-order chi connectivity index (χ0) is 20.1. The molecule has 0 radical (unpaired) electrons. The maximum absolute atomic E-state index is 12.4. The molecule has 3 aromatic rings. The summed E-state index contributed by atoms with van der Waals surface area (Å²) in [7, 11) is -4.68. The van der Waals surface area contributed by atoms with Crippen molar-refractivity contribution in [3.05, 3.63) is 90.0 Å². The Morgan fingerprint density at radius 3 is 1.45 bits per heavy atom. The number of benzene rings is 3. The monoisotopic (exact) mass is 422 g/mol. The van der Waals surface area contributed by atoms with Crippen molar-refractivity contribution >= 4 is 22.1 Å². The van der Waals surface area contributed by atoms with Crippen LogP contribution in [-0.2, 0) is 10.1 Å². The smallest absolute Gasteiger partial charge is 1.00 e. The summed E-state index contributed by atoms with van der Waals surface area (Å²) in [6, 6.07) is 19.2. The Morgan fingerprint density at radius 2 is 1.10 bits per heavy atom. The van der Waals surface area contributed by atoms with Gasteiger partial charge in [-0.2, -0.15) is 8.42 Å². The van der Waals surface area contributed by atoms with Gasteiger partial charge in [0.25, 0.3) is 10.1 Å². The van der Waals surface area contributed by atoms with Gasteiger partial charge in [-0.3, -0.25) is 4.55 Å². The summed E-state index contributed by atoms with van der Waals surface area (Å²) in [4.78, 5) is 24.1. The predicted molar refractivity (Wildman–Crippen MR) is 100 cm³/mol. The Bertz CT molecular complexity index is 1050. The van der Waals surface area contributed by atoms with Crippen LogP contribution in [0, 0.1) is 0 Å². The molecule has 3 rings (SSSR count). The first-order valence-electron chi connectivity index (χ1n) is 8.00. The first-order valence-corrected chi connectivity index (χ1v) is 9.44. The average molecular weight is 422 g/mol. The Morgan fingerprint density at radius 1 is 0.724 bits per heavy atom. The molecule has 0 fully saturated rings. The number of hydrogen-bond donors (Lipinski definition) is 1. The molecule has 0 saturated carbocycles. The number of hydrogen-bond acceptors (Lipinski definition) is 6. The second-order valence-electron chi connectivity index (χ2n) is 5.63. The van der Waals surface area contributed by atoms with E-state index >= 15 is 0 Å². The fraction of sp³-hybridized carbons (Fsp3) is 0. The molecule has 0 saturated heterocycles. The summed E-state index contributed by atoms with van der Waals surface area (Å²) >= 11 is 0. The number of carbonyl (C=O) groups is 2. The summed E-state index contributed by atoms with van der Waals surface area (Å²) in [6.45, 7) is 0. The Balaban J connectivity index is 0.00000225. The Hall–Kier alpha value is -2.49. The van der Waals surface area contributed by atoms with Gasteiger partial charge in [0.2, 0.25) is 0 Å². The normalized spacial score (nSPS) is 10.5. The number of rotatable bonds is 5. The van der Waals surface area contributed by atoms with Gasteiger partial charge in [-0.1, -0.05) is 36.4 Å². The third-order valence-corrected chi connectivity index (χ3v) is 4.41. The SMILES string of the molecule is O=C(Oc1ccccc1)c1cc(C(=O)Oc2ccccc2)cc(S(=O)(=O)O)c1.[H-].[Na+]. The summed E-state index contributed by atoms with van der Waals surface area (Å²) < 4.78 is 42.8. The van der Waals surface area contributed by atoms with Crippen molar-refractivity contribution in [1.29, 1.82) is 0 Å². The largest absolute Gasteiger partial charge is 1.00 e. The molecule has 1 N–H and O–H groups in total. The summed E-state index contributed by atoms with van der Waals surface area (Å²) in [6.07, 6.45) is 0. The van der Waals surface area contributed by atoms with Crippen molar-refractivity contribution in [3.63, 3.8) is 0 Å². The van der Waals surface area contributed by atoms with Crippen molar-refractivity contribution in [2.45, 2.75) is 4.90 Å². The van der Waals surface area contributed by atoms with Crippen LogP contribution in [0.15, 0.2) is 83.8 Å². The van der Waals surface area contributed by atoms with E-state index in [0.717, 1.165) is 18.2 Å². The maximum atomic E-state index is 12.4. The van der Waals surface area contributed by atoms with Crippen molar-refractivity contribution in [2.75, 3.05) is 0 Å². The third kappa shape index (κ3) is 6.25. The van der Waals surface area contributed by atoms with Crippen molar-refractivity contribution in [1.82, 2.24) is 0 Å². The minimum atomic E-state index is -4.68. The molecule has 0 aromatic heterocycles. The number of carbonyl (C=O) groups excluding carboxylic acids is 2. The van der Waals surface area contributed by atoms with Crippen LogP contribution in [0.1, 0.15) is 22.1 Å². The zero-order valence-electron chi connectivity index (χ0n) is 16.3. The molecule has 0 aliphatic rings. The minimum Gasteiger partial charge on any atom is -1.00 e. The molecule has 0 aliphatic carbocycles. The summed E-state index contributed by atoms with van der Waals surface area (Å²) in [5.41, 5.74) is -0.474. The van der Waals surface area contributed by atoms with Crippen molar-refractivity contribution in [3.8, 4) is 11.5 Å². The topological polar surface area (TPSA) is 107 Å². The molecule has 0 heterocycles. The number of ether oxygens (including phenoxy) is 2. The van der Waals surface area contributed by atoms with Gasteiger partial charge >= 0.3 is 41.5 Å². The molecule has 0 aliphatic heterocycles. The van der Waals surface area contributed by atoms with E-state index in [1.165, 1.54) is 24.3 Å². The molecule has 0 bridgehead atoms. The Kier molecular flexibility index (Phi) is 7.72. The fourth-order valence-electron chi connectivity index (χ4n) is 2.29. The van der Waals surface area contributed by atoms with Gasteiger partial charge in [0.05, 0.1) is 16.0 Å². The van der Waals surface area contributed by atoms with Crippen LogP contribution in [0.5, 0.6) is 11.5 Å². The van der Waals surface area contributed by atoms with E-state index in [4.69, 9.17) is 9.47 Å². The molecular formula is C20H15NaO7S. The van der Waals surface area contributed by atoms with E-state index in [1.807, 2.05) is 0 Å². The van der Waals surface area contributed by atoms with Gasteiger partial charge in [-0.15, -0.1) is 0 Å². The van der Waals surface area contributed by atoms with Gasteiger partial charge in [-0.05, 0) is 42.5 Å². The molecule has 0 spiro atoms. The van der Waals surface area contributed by atoms with Crippen LogP contribution >= 0.6 is 0 Å². The zero-order valence-corrected chi connectivity index (χ0v) is 18.1. The number of para-hydroxylation sites is 2. The van der Waals surface area contributed by atoms with Crippen LogP contribution < -0.4 is 39.0 Å². The third-order valence-electron chi connectivity index (χ3n) is 3.58. The minimum absolute atomic E-state index is 0. The molecule has 9 heteroatoms. The number of esters is 2. The second kappa shape index (κ2) is 9.82. The van der Waals surface area contributed by atoms with Gasteiger partial charge in [-0.25, -0.2) is 9.59 Å². The van der Waals surface area contributed by atoms with E-state index in [1.54, 1.807) is 36.4 Å². The van der Waals surface area contributed by atoms with Gasteiger partial charge in [0, 0.05) is 0 Å². The first-order chi connectivity index (χ1) is 13.3. The summed E-state index contributed by atoms with van der Waals surface area (Å²) in [5, 5.41) is 0. The molecule has 0 amide bonds. The maximum Gasteiger partial charge on any atom is 1.00 e. The van der Waals surface area contributed by atoms with Gasteiger partial charge in [0.15, 0.2) is 0 Å². The van der Waals surface area contributed by atoms with Crippen molar-refractivity contribution < 1.29 is 63.0 Å². The molecule has 144 valence electrons. The average Bonchev–Trinajstić information content (AvgIpc) is 2.68. The quantitative estimate of drug-likeness (QED) is 0.276. The van der Waals surface area contributed by atoms with Crippen LogP contribution in [0.2, 0.25) is 0 Å². The second-order valence-corrected chi connectivity index (χ2v) is 7.05. The van der Waals surface area contributed by atoms with E-state index < -0.39 is 27.0 Å². The Labute approximate surface area is 190 Å². The van der Waals surface area contributed by atoms with Crippen molar-refractivity contribution in [2.24, 2.45) is 0 Å². The van der Waals surface area contributed by atoms with Crippen LogP contribution in [0.3, 0.4) is 0 Å². The first kappa shape index (κ1) is 22.8. The van der Waals surface area contributed by atoms with E-state index in [-0.39, 0.29) is 53.6 Å².